The monoisotopic (exact) mass is 312 g/mol. The second kappa shape index (κ2) is 4.99. The molecule has 114 valence electrons. The van der Waals surface area contributed by atoms with Crippen LogP contribution in [0.15, 0.2) is 0 Å². The fourth-order valence-corrected chi connectivity index (χ4v) is 3.19. The molecule has 21 heavy (non-hydrogen) atoms. The molecule has 1 aromatic heterocycles. The maximum atomic E-state index is 11.1. The Labute approximate surface area is 127 Å². The second-order valence-corrected chi connectivity index (χ2v) is 6.24. The molecule has 0 bridgehead atoms. The van der Waals surface area contributed by atoms with Crippen LogP contribution in [0.4, 0.5) is 10.6 Å². The minimum absolute atomic E-state index is 0.112. The van der Waals surface area contributed by atoms with Crippen LogP contribution in [-0.2, 0) is 13.1 Å². The minimum atomic E-state index is -0.985. The summed E-state index contributed by atoms with van der Waals surface area (Å²) < 4.78 is 0. The van der Waals surface area contributed by atoms with Crippen LogP contribution in [0.25, 0.3) is 0 Å². The zero-order valence-corrected chi connectivity index (χ0v) is 12.5. The van der Waals surface area contributed by atoms with Crippen LogP contribution in [0.2, 0.25) is 5.28 Å². The van der Waals surface area contributed by atoms with Crippen molar-refractivity contribution in [3.05, 3.63) is 16.5 Å². The summed E-state index contributed by atoms with van der Waals surface area (Å²) in [7, 11) is 0. The third-order valence-corrected chi connectivity index (χ3v) is 4.15. The smallest absolute Gasteiger partial charge is 0.407 e. The summed E-state index contributed by atoms with van der Waals surface area (Å²) in [6.07, 6.45) is 0.610. The number of carbonyl (C=O) groups is 1. The summed E-state index contributed by atoms with van der Waals surface area (Å²) in [4.78, 5) is 22.8. The maximum absolute atomic E-state index is 11.1. The van der Waals surface area contributed by atoms with E-state index in [-0.39, 0.29) is 18.4 Å². The fraction of sp³-hybridized carbons (Fsp3) is 0.615. The molecule has 0 spiro atoms. The predicted octanol–water partition coefficient (Wildman–Crippen LogP) is 1.47. The molecule has 1 atom stereocenters. The number of amides is 1. The van der Waals surface area contributed by atoms with Crippen molar-refractivity contribution in [2.45, 2.75) is 38.5 Å². The molecule has 2 aliphatic heterocycles. The highest BCUT2D eigenvalue weighted by molar-refractivity contribution is 6.28. The number of fused-ring (bicyclic) bond motifs is 1. The van der Waals surface area contributed by atoms with Gasteiger partial charge in [0.2, 0.25) is 5.28 Å². The van der Waals surface area contributed by atoms with Gasteiger partial charge in [0.25, 0.3) is 0 Å². The van der Waals surface area contributed by atoms with Gasteiger partial charge in [-0.3, -0.25) is 4.90 Å². The van der Waals surface area contributed by atoms with Crippen LogP contribution >= 0.6 is 11.6 Å². The van der Waals surface area contributed by atoms with Crippen molar-refractivity contribution in [3.8, 4) is 0 Å². The molecule has 1 saturated heterocycles. The van der Waals surface area contributed by atoms with Crippen LogP contribution in [0, 0.1) is 0 Å². The van der Waals surface area contributed by atoms with Crippen molar-refractivity contribution in [3.63, 3.8) is 0 Å². The summed E-state index contributed by atoms with van der Waals surface area (Å²) in [5, 5.41) is 19.5. The lowest BCUT2D eigenvalue weighted by atomic mass is 9.95. The first kappa shape index (κ1) is 14.3. The van der Waals surface area contributed by atoms with Gasteiger partial charge in [-0.1, -0.05) is 0 Å². The van der Waals surface area contributed by atoms with Crippen molar-refractivity contribution in [1.29, 1.82) is 0 Å². The molecule has 0 unspecified atom stereocenters. The third-order valence-electron chi connectivity index (χ3n) is 3.98. The topological polar surface area (TPSA) is 89.8 Å². The van der Waals surface area contributed by atoms with Crippen molar-refractivity contribution < 1.29 is 15.0 Å². The zero-order chi connectivity index (χ0) is 15.2. The molecule has 0 aromatic carbocycles. The molecule has 0 radical (unpaired) electrons. The number of nitrogens with zero attached hydrogens (tertiary/aromatic N) is 4. The van der Waals surface area contributed by atoms with Gasteiger partial charge in [-0.15, -0.1) is 0 Å². The molecule has 3 heterocycles. The first-order chi connectivity index (χ1) is 9.85. The van der Waals surface area contributed by atoms with Crippen LogP contribution in [0.5, 0.6) is 0 Å². The minimum Gasteiger partial charge on any atom is -0.465 e. The van der Waals surface area contributed by atoms with E-state index in [0.29, 0.717) is 18.1 Å². The van der Waals surface area contributed by atoms with Gasteiger partial charge in [0, 0.05) is 18.7 Å². The molecule has 7 nitrogen and oxygen atoms in total. The predicted molar refractivity (Wildman–Crippen MR) is 76.4 cm³/mol. The molecule has 8 heteroatoms. The van der Waals surface area contributed by atoms with Gasteiger partial charge >= 0.3 is 6.09 Å². The summed E-state index contributed by atoms with van der Waals surface area (Å²) >= 11 is 5.97. The molecule has 1 fully saturated rings. The van der Waals surface area contributed by atoms with Gasteiger partial charge in [-0.05, 0) is 31.4 Å². The zero-order valence-electron chi connectivity index (χ0n) is 11.7. The van der Waals surface area contributed by atoms with Crippen LogP contribution in [-0.4, -0.2) is 49.9 Å². The number of carboxylic acid groups (broad SMARTS) is 1. The molecular weight excluding hydrogens is 296 g/mol. The van der Waals surface area contributed by atoms with E-state index in [1.54, 1.807) is 6.92 Å². The summed E-state index contributed by atoms with van der Waals surface area (Å²) in [5.41, 5.74) is 0.672. The fourth-order valence-electron chi connectivity index (χ4n) is 3.01. The van der Waals surface area contributed by atoms with Crippen LogP contribution in [0.3, 0.4) is 0 Å². The molecule has 0 saturated carbocycles. The highest BCUT2D eigenvalue weighted by Gasteiger charge is 2.34. The molecule has 0 aliphatic carbocycles. The van der Waals surface area contributed by atoms with E-state index in [4.69, 9.17) is 16.7 Å². The van der Waals surface area contributed by atoms with E-state index in [0.717, 1.165) is 24.9 Å². The Bertz CT molecular complexity index is 593. The number of aromatic nitrogens is 2. The Morgan fingerprint density at radius 2 is 2.14 bits per heavy atom. The van der Waals surface area contributed by atoms with Gasteiger partial charge in [-0.25, -0.2) is 14.8 Å². The molecular formula is C13H17ClN4O3. The number of anilines is 1. The van der Waals surface area contributed by atoms with Crippen molar-refractivity contribution in [2.75, 3.05) is 18.0 Å². The third kappa shape index (κ3) is 2.75. The van der Waals surface area contributed by atoms with Crippen LogP contribution < -0.4 is 4.90 Å². The van der Waals surface area contributed by atoms with E-state index in [1.165, 1.54) is 4.90 Å². The first-order valence-corrected chi connectivity index (χ1v) is 7.24. The van der Waals surface area contributed by atoms with Gasteiger partial charge in [0.15, 0.2) is 0 Å². The lowest BCUT2D eigenvalue weighted by molar-refractivity contribution is 0.0446. The summed E-state index contributed by atoms with van der Waals surface area (Å²) in [6.45, 7) is 3.51. The second-order valence-electron chi connectivity index (χ2n) is 5.90. The largest absolute Gasteiger partial charge is 0.465 e. The van der Waals surface area contributed by atoms with Gasteiger partial charge in [0.05, 0.1) is 24.4 Å². The number of aliphatic hydroxyl groups is 1. The van der Waals surface area contributed by atoms with E-state index < -0.39 is 11.7 Å². The summed E-state index contributed by atoms with van der Waals surface area (Å²) in [5.74, 6) is 0.647. The quantitative estimate of drug-likeness (QED) is 0.763. The molecule has 3 rings (SSSR count). The Hall–Kier alpha value is -1.60. The highest BCUT2D eigenvalue weighted by Crippen LogP contribution is 2.33. The SMILES string of the molecule is C[C@@]1(O)CCCN(c2nc(Cl)nc3c2CN(C(=O)O)C3)C1. The van der Waals surface area contributed by atoms with Crippen LogP contribution in [0.1, 0.15) is 31.0 Å². The number of β-amino-alcohol motifs (C(OH)–C–C–N with tert-alkyl or cyclic N) is 1. The van der Waals surface area contributed by atoms with Crippen molar-refractivity contribution in [2.24, 2.45) is 0 Å². The highest BCUT2D eigenvalue weighted by atomic mass is 35.5. The standard InChI is InChI=1S/C13H17ClN4O3/c1-13(21)3-2-4-17(7-13)10-8-5-18(12(19)20)6-9(8)15-11(14)16-10/h21H,2-7H2,1H3,(H,19,20)/t13-/m1/s1. The van der Waals surface area contributed by atoms with E-state index in [1.807, 2.05) is 4.90 Å². The molecule has 1 amide bonds. The Morgan fingerprint density at radius 3 is 2.81 bits per heavy atom. The molecule has 2 N–H and O–H groups in total. The average molecular weight is 313 g/mol. The van der Waals surface area contributed by atoms with E-state index in [2.05, 4.69) is 9.97 Å². The maximum Gasteiger partial charge on any atom is 0.407 e. The Balaban J connectivity index is 1.95. The summed E-state index contributed by atoms with van der Waals surface area (Å²) in [6, 6.07) is 0. The average Bonchev–Trinajstić information content (AvgIpc) is 2.80. The number of hydrogen-bond acceptors (Lipinski definition) is 5. The van der Waals surface area contributed by atoms with Crippen molar-refractivity contribution >= 4 is 23.5 Å². The number of rotatable bonds is 1. The van der Waals surface area contributed by atoms with Gasteiger partial charge in [-0.2, -0.15) is 0 Å². The van der Waals surface area contributed by atoms with Gasteiger partial charge in [0.1, 0.15) is 5.82 Å². The number of piperidine rings is 1. The van der Waals surface area contributed by atoms with Crippen molar-refractivity contribution in [1.82, 2.24) is 14.9 Å². The number of halogens is 1. The Morgan fingerprint density at radius 1 is 1.38 bits per heavy atom. The normalized spacial score (nSPS) is 25.1. The van der Waals surface area contributed by atoms with E-state index in [9.17, 15) is 9.90 Å². The van der Waals surface area contributed by atoms with Gasteiger partial charge < -0.3 is 15.1 Å². The molecule has 1 aromatic rings. The Kier molecular flexibility index (Phi) is 3.41. The lowest BCUT2D eigenvalue weighted by Gasteiger charge is -2.38. The first-order valence-electron chi connectivity index (χ1n) is 6.86. The number of hydrogen-bond donors (Lipinski definition) is 2. The van der Waals surface area contributed by atoms with E-state index >= 15 is 0 Å². The lowest BCUT2D eigenvalue weighted by Crippen LogP contribution is -2.46. The molecule has 2 aliphatic rings.